The lowest BCUT2D eigenvalue weighted by atomic mass is 10.2. The van der Waals surface area contributed by atoms with Gasteiger partial charge in [0, 0.05) is 30.3 Å². The fourth-order valence-electron chi connectivity index (χ4n) is 2.15. The van der Waals surface area contributed by atoms with Crippen LogP contribution in [0, 0.1) is 0 Å². The van der Waals surface area contributed by atoms with Gasteiger partial charge in [0.1, 0.15) is 5.75 Å². The predicted octanol–water partition coefficient (Wildman–Crippen LogP) is 2.43. The standard InChI is InChI=1S/C14H15N3O/c1-16-10-15-8-12(16)9-17-6-5-11-7-13(18-2)3-4-14(11)17/h3-8,10H,9H2,1-2H3. The molecule has 0 bridgehead atoms. The summed E-state index contributed by atoms with van der Waals surface area (Å²) in [5, 5.41) is 1.19. The predicted molar refractivity (Wildman–Crippen MR) is 70.8 cm³/mol. The number of ether oxygens (including phenoxy) is 1. The minimum absolute atomic E-state index is 0.826. The number of aromatic nitrogens is 3. The monoisotopic (exact) mass is 241 g/mol. The Morgan fingerprint density at radius 1 is 1.28 bits per heavy atom. The number of hydrogen-bond acceptors (Lipinski definition) is 2. The van der Waals surface area contributed by atoms with Gasteiger partial charge >= 0.3 is 0 Å². The van der Waals surface area contributed by atoms with Gasteiger partial charge in [-0.25, -0.2) is 4.98 Å². The van der Waals surface area contributed by atoms with Crippen molar-refractivity contribution in [2.75, 3.05) is 7.11 Å². The van der Waals surface area contributed by atoms with Crippen LogP contribution in [0.2, 0.25) is 0 Å². The minimum Gasteiger partial charge on any atom is -0.497 e. The second-order valence-electron chi connectivity index (χ2n) is 4.36. The first kappa shape index (κ1) is 10.9. The molecule has 2 aromatic heterocycles. The molecule has 2 heterocycles. The summed E-state index contributed by atoms with van der Waals surface area (Å²) in [4.78, 5) is 4.14. The molecular formula is C14H15N3O. The van der Waals surface area contributed by atoms with Crippen molar-refractivity contribution < 1.29 is 4.74 Å². The molecular weight excluding hydrogens is 226 g/mol. The lowest BCUT2D eigenvalue weighted by Gasteiger charge is -2.06. The fraction of sp³-hybridized carbons (Fsp3) is 0.214. The molecule has 0 fully saturated rings. The highest BCUT2D eigenvalue weighted by molar-refractivity contribution is 5.81. The zero-order chi connectivity index (χ0) is 12.5. The third-order valence-corrected chi connectivity index (χ3v) is 3.23. The summed E-state index contributed by atoms with van der Waals surface area (Å²) in [6.07, 6.45) is 5.82. The molecule has 0 unspecified atom stereocenters. The number of hydrogen-bond donors (Lipinski definition) is 0. The molecule has 92 valence electrons. The summed E-state index contributed by atoms with van der Waals surface area (Å²) in [6.45, 7) is 0.826. The van der Waals surface area contributed by atoms with Gasteiger partial charge in [0.2, 0.25) is 0 Å². The van der Waals surface area contributed by atoms with Crippen LogP contribution in [0.4, 0.5) is 0 Å². The van der Waals surface area contributed by atoms with Crippen molar-refractivity contribution in [1.29, 1.82) is 0 Å². The Bertz CT molecular complexity index is 681. The van der Waals surface area contributed by atoms with Crippen molar-refractivity contribution in [3.63, 3.8) is 0 Å². The summed E-state index contributed by atoms with van der Waals surface area (Å²) in [5.74, 6) is 0.890. The Morgan fingerprint density at radius 3 is 2.89 bits per heavy atom. The van der Waals surface area contributed by atoms with Crippen LogP contribution in [0.25, 0.3) is 10.9 Å². The van der Waals surface area contributed by atoms with Gasteiger partial charge < -0.3 is 13.9 Å². The molecule has 0 amide bonds. The van der Waals surface area contributed by atoms with E-state index in [-0.39, 0.29) is 0 Å². The highest BCUT2D eigenvalue weighted by Gasteiger charge is 2.05. The van der Waals surface area contributed by atoms with E-state index in [4.69, 9.17) is 4.74 Å². The van der Waals surface area contributed by atoms with Crippen molar-refractivity contribution in [3.05, 3.63) is 48.7 Å². The number of methoxy groups -OCH3 is 1. The Labute approximate surface area is 105 Å². The summed E-state index contributed by atoms with van der Waals surface area (Å²) < 4.78 is 9.48. The minimum atomic E-state index is 0.826. The van der Waals surface area contributed by atoms with Gasteiger partial charge in [-0.1, -0.05) is 0 Å². The first-order chi connectivity index (χ1) is 8.78. The van der Waals surface area contributed by atoms with Gasteiger partial charge in [-0.3, -0.25) is 0 Å². The lowest BCUT2D eigenvalue weighted by molar-refractivity contribution is 0.415. The van der Waals surface area contributed by atoms with E-state index in [0.29, 0.717) is 0 Å². The van der Waals surface area contributed by atoms with Crippen LogP contribution >= 0.6 is 0 Å². The molecule has 3 aromatic rings. The summed E-state index contributed by atoms with van der Waals surface area (Å²) in [7, 11) is 3.70. The van der Waals surface area contributed by atoms with Gasteiger partial charge in [-0.05, 0) is 24.3 Å². The average Bonchev–Trinajstić information content (AvgIpc) is 2.97. The highest BCUT2D eigenvalue weighted by atomic mass is 16.5. The smallest absolute Gasteiger partial charge is 0.119 e. The number of aryl methyl sites for hydroxylation is 1. The molecule has 0 saturated heterocycles. The average molecular weight is 241 g/mol. The van der Waals surface area contributed by atoms with E-state index in [9.17, 15) is 0 Å². The van der Waals surface area contributed by atoms with Crippen LogP contribution in [0.1, 0.15) is 5.69 Å². The van der Waals surface area contributed by atoms with Crippen molar-refractivity contribution in [1.82, 2.24) is 14.1 Å². The Balaban J connectivity index is 2.00. The van der Waals surface area contributed by atoms with Crippen molar-refractivity contribution in [2.24, 2.45) is 7.05 Å². The quantitative estimate of drug-likeness (QED) is 0.705. The van der Waals surface area contributed by atoms with E-state index in [1.165, 1.54) is 16.6 Å². The lowest BCUT2D eigenvalue weighted by Crippen LogP contribution is -2.02. The van der Waals surface area contributed by atoms with Crippen LogP contribution in [0.15, 0.2) is 43.0 Å². The topological polar surface area (TPSA) is 32.0 Å². The van der Waals surface area contributed by atoms with Gasteiger partial charge in [0.25, 0.3) is 0 Å². The van der Waals surface area contributed by atoms with Crippen LogP contribution in [-0.4, -0.2) is 21.2 Å². The van der Waals surface area contributed by atoms with Gasteiger partial charge in [0.05, 0.1) is 25.7 Å². The van der Waals surface area contributed by atoms with Gasteiger partial charge in [0.15, 0.2) is 0 Å². The maximum Gasteiger partial charge on any atom is 0.119 e. The maximum atomic E-state index is 5.23. The molecule has 0 radical (unpaired) electrons. The second-order valence-corrected chi connectivity index (χ2v) is 4.36. The van der Waals surface area contributed by atoms with Gasteiger partial charge in [-0.15, -0.1) is 0 Å². The van der Waals surface area contributed by atoms with Crippen molar-refractivity contribution >= 4 is 10.9 Å². The zero-order valence-electron chi connectivity index (χ0n) is 10.5. The Kier molecular flexibility index (Phi) is 2.55. The van der Waals surface area contributed by atoms with Crippen LogP contribution in [0.5, 0.6) is 5.75 Å². The molecule has 0 aliphatic rings. The third kappa shape index (κ3) is 1.76. The number of nitrogens with zero attached hydrogens (tertiary/aromatic N) is 3. The molecule has 0 aliphatic carbocycles. The molecule has 18 heavy (non-hydrogen) atoms. The van der Waals surface area contributed by atoms with E-state index in [2.05, 4.69) is 33.9 Å². The molecule has 0 N–H and O–H groups in total. The normalized spacial score (nSPS) is 11.0. The number of benzene rings is 1. The van der Waals surface area contributed by atoms with E-state index in [1.807, 2.05) is 30.2 Å². The van der Waals surface area contributed by atoms with Crippen LogP contribution in [-0.2, 0) is 13.6 Å². The Morgan fingerprint density at radius 2 is 2.17 bits per heavy atom. The first-order valence-corrected chi connectivity index (χ1v) is 5.86. The third-order valence-electron chi connectivity index (χ3n) is 3.23. The highest BCUT2D eigenvalue weighted by Crippen LogP contribution is 2.22. The molecule has 0 aliphatic heterocycles. The molecule has 0 spiro atoms. The molecule has 4 heteroatoms. The molecule has 0 saturated carbocycles. The van der Waals surface area contributed by atoms with E-state index >= 15 is 0 Å². The van der Waals surface area contributed by atoms with Gasteiger partial charge in [-0.2, -0.15) is 0 Å². The van der Waals surface area contributed by atoms with Crippen molar-refractivity contribution in [2.45, 2.75) is 6.54 Å². The van der Waals surface area contributed by atoms with E-state index < -0.39 is 0 Å². The van der Waals surface area contributed by atoms with Crippen molar-refractivity contribution in [3.8, 4) is 5.75 Å². The molecule has 0 atom stereocenters. The summed E-state index contributed by atoms with van der Waals surface area (Å²) in [5.41, 5.74) is 2.39. The number of fused-ring (bicyclic) bond motifs is 1. The first-order valence-electron chi connectivity index (χ1n) is 5.86. The maximum absolute atomic E-state index is 5.23. The molecule has 3 rings (SSSR count). The Hall–Kier alpha value is -2.23. The van der Waals surface area contributed by atoms with Crippen LogP contribution < -0.4 is 4.74 Å². The SMILES string of the molecule is COc1ccc2c(ccn2Cc2cncn2C)c1. The van der Waals surface area contributed by atoms with E-state index in [0.717, 1.165) is 12.3 Å². The summed E-state index contributed by atoms with van der Waals surface area (Å²) in [6, 6.07) is 8.23. The zero-order valence-corrected chi connectivity index (χ0v) is 10.5. The molecule has 4 nitrogen and oxygen atoms in total. The largest absolute Gasteiger partial charge is 0.497 e. The number of imidazole rings is 1. The molecule has 1 aromatic carbocycles. The van der Waals surface area contributed by atoms with Crippen LogP contribution in [0.3, 0.4) is 0 Å². The fourth-order valence-corrected chi connectivity index (χ4v) is 2.15. The second kappa shape index (κ2) is 4.22. The summed E-state index contributed by atoms with van der Waals surface area (Å²) >= 11 is 0. The number of rotatable bonds is 3. The van der Waals surface area contributed by atoms with E-state index in [1.54, 1.807) is 7.11 Å².